The molecule has 0 aliphatic heterocycles. The maximum absolute atomic E-state index is 11.5. The van der Waals surface area contributed by atoms with E-state index in [1.54, 1.807) is 12.1 Å². The second-order valence-corrected chi connectivity index (χ2v) is 3.25. The van der Waals surface area contributed by atoms with E-state index in [2.05, 4.69) is 4.98 Å². The molecule has 0 saturated carbocycles. The third-order valence-corrected chi connectivity index (χ3v) is 2.34. The van der Waals surface area contributed by atoms with Crippen molar-refractivity contribution in [2.45, 2.75) is 0 Å². The highest BCUT2D eigenvalue weighted by molar-refractivity contribution is 6.03. The number of methoxy groups -OCH3 is 1. The number of rotatable bonds is 2. The Morgan fingerprint density at radius 2 is 2.12 bits per heavy atom. The minimum absolute atomic E-state index is 0.0669. The largest absolute Gasteiger partial charge is 0.497 e. The number of aromatic nitrogens is 1. The number of ether oxygens (including phenoxy) is 1. The van der Waals surface area contributed by atoms with Crippen molar-refractivity contribution in [1.82, 2.24) is 4.98 Å². The van der Waals surface area contributed by atoms with Crippen molar-refractivity contribution in [3.63, 3.8) is 0 Å². The summed E-state index contributed by atoms with van der Waals surface area (Å²) in [6.07, 6.45) is 1.19. The van der Waals surface area contributed by atoms with E-state index >= 15 is 0 Å². The number of aromatic amines is 1. The normalized spacial score (nSPS) is 10.3. The smallest absolute Gasteiger partial charge is 0.337 e. The highest BCUT2D eigenvalue weighted by Gasteiger charge is 2.11. The summed E-state index contributed by atoms with van der Waals surface area (Å²) in [7, 11) is 1.48. The lowest BCUT2D eigenvalue weighted by molar-refractivity contribution is 0.0698. The van der Waals surface area contributed by atoms with E-state index < -0.39 is 5.97 Å². The third-order valence-electron chi connectivity index (χ3n) is 2.34. The number of carbonyl (C=O) groups is 1. The second-order valence-electron chi connectivity index (χ2n) is 3.25. The summed E-state index contributed by atoms with van der Waals surface area (Å²) < 4.78 is 4.98. The van der Waals surface area contributed by atoms with Crippen molar-refractivity contribution >= 4 is 16.7 Å². The number of hydrogen-bond donors (Lipinski definition) is 2. The molecule has 82 valence electrons. The van der Waals surface area contributed by atoms with Gasteiger partial charge in [0.05, 0.1) is 18.1 Å². The number of carboxylic acid groups (broad SMARTS) is 1. The molecule has 0 unspecified atom stereocenters. The summed E-state index contributed by atoms with van der Waals surface area (Å²) in [5.41, 5.74) is -0.267. The van der Waals surface area contributed by atoms with Gasteiger partial charge in [-0.2, -0.15) is 0 Å². The molecule has 0 aliphatic rings. The van der Waals surface area contributed by atoms with Gasteiger partial charge in [0.2, 0.25) is 0 Å². The third kappa shape index (κ3) is 1.52. The van der Waals surface area contributed by atoms with Gasteiger partial charge in [-0.3, -0.25) is 4.79 Å². The second kappa shape index (κ2) is 3.69. The van der Waals surface area contributed by atoms with Crippen molar-refractivity contribution in [1.29, 1.82) is 0 Å². The number of benzene rings is 1. The van der Waals surface area contributed by atoms with E-state index in [-0.39, 0.29) is 11.1 Å². The number of carboxylic acids is 1. The SMILES string of the molecule is COc1ccc2c(C(=O)O)c[nH]c(=O)c2c1. The van der Waals surface area contributed by atoms with Crippen LogP contribution in [0.15, 0.2) is 29.2 Å². The molecule has 16 heavy (non-hydrogen) atoms. The van der Waals surface area contributed by atoms with Gasteiger partial charge in [-0.05, 0) is 18.2 Å². The van der Waals surface area contributed by atoms with Crippen molar-refractivity contribution in [3.05, 3.63) is 40.3 Å². The maximum atomic E-state index is 11.5. The summed E-state index contributed by atoms with van der Waals surface area (Å²) >= 11 is 0. The Hall–Kier alpha value is -2.30. The molecule has 1 heterocycles. The summed E-state index contributed by atoms with van der Waals surface area (Å²) in [6, 6.07) is 4.70. The average molecular weight is 219 g/mol. The molecule has 0 spiro atoms. The van der Waals surface area contributed by atoms with Crippen LogP contribution in [0.1, 0.15) is 10.4 Å². The van der Waals surface area contributed by atoms with Crippen LogP contribution >= 0.6 is 0 Å². The minimum Gasteiger partial charge on any atom is -0.497 e. The van der Waals surface area contributed by atoms with E-state index in [9.17, 15) is 9.59 Å². The van der Waals surface area contributed by atoms with Gasteiger partial charge in [0.25, 0.3) is 5.56 Å². The number of fused-ring (bicyclic) bond motifs is 1. The highest BCUT2D eigenvalue weighted by Crippen LogP contribution is 2.20. The van der Waals surface area contributed by atoms with E-state index in [1.165, 1.54) is 19.4 Å². The van der Waals surface area contributed by atoms with Crippen LogP contribution in [0.25, 0.3) is 10.8 Å². The molecule has 0 radical (unpaired) electrons. The molecule has 2 aromatic rings. The Labute approximate surface area is 90.3 Å². The van der Waals surface area contributed by atoms with E-state index in [4.69, 9.17) is 9.84 Å². The zero-order valence-corrected chi connectivity index (χ0v) is 8.48. The van der Waals surface area contributed by atoms with E-state index in [0.29, 0.717) is 16.5 Å². The zero-order valence-electron chi connectivity index (χ0n) is 8.48. The number of H-pyrrole nitrogens is 1. The quantitative estimate of drug-likeness (QED) is 0.796. The summed E-state index contributed by atoms with van der Waals surface area (Å²) in [5.74, 6) is -0.563. The van der Waals surface area contributed by atoms with Crippen LogP contribution in [0.3, 0.4) is 0 Å². The maximum Gasteiger partial charge on any atom is 0.337 e. The van der Waals surface area contributed by atoms with Crippen molar-refractivity contribution < 1.29 is 14.6 Å². The Morgan fingerprint density at radius 1 is 1.38 bits per heavy atom. The Balaban J connectivity index is 2.86. The molecule has 0 fully saturated rings. The minimum atomic E-state index is -1.08. The molecule has 2 rings (SSSR count). The predicted octanol–water partition coefficient (Wildman–Crippen LogP) is 1.23. The predicted molar refractivity (Wildman–Crippen MR) is 58.1 cm³/mol. The molecule has 1 aromatic heterocycles. The molecule has 5 nitrogen and oxygen atoms in total. The summed E-state index contributed by atoms with van der Waals surface area (Å²) in [4.78, 5) is 24.8. The van der Waals surface area contributed by atoms with Gasteiger partial charge in [0, 0.05) is 11.6 Å². The highest BCUT2D eigenvalue weighted by atomic mass is 16.5. The Bertz CT molecular complexity index is 615. The van der Waals surface area contributed by atoms with Gasteiger partial charge in [-0.1, -0.05) is 0 Å². The lowest BCUT2D eigenvalue weighted by Gasteiger charge is -2.04. The van der Waals surface area contributed by atoms with Gasteiger partial charge >= 0.3 is 5.97 Å². The van der Waals surface area contributed by atoms with Crippen LogP contribution < -0.4 is 10.3 Å². The summed E-state index contributed by atoms with van der Waals surface area (Å²) in [5, 5.41) is 9.65. The van der Waals surface area contributed by atoms with Crippen LogP contribution in [0.2, 0.25) is 0 Å². The zero-order chi connectivity index (χ0) is 11.7. The van der Waals surface area contributed by atoms with Gasteiger partial charge < -0.3 is 14.8 Å². The summed E-state index contributed by atoms with van der Waals surface area (Å²) in [6.45, 7) is 0. The fraction of sp³-hybridized carbons (Fsp3) is 0.0909. The molecule has 0 amide bonds. The lowest BCUT2D eigenvalue weighted by Crippen LogP contribution is -2.10. The van der Waals surface area contributed by atoms with E-state index in [1.807, 2.05) is 0 Å². The molecule has 5 heteroatoms. The van der Waals surface area contributed by atoms with Crippen molar-refractivity contribution in [3.8, 4) is 5.75 Å². The van der Waals surface area contributed by atoms with Crippen LogP contribution in [0, 0.1) is 0 Å². The first-order chi connectivity index (χ1) is 7.63. The molecule has 0 aliphatic carbocycles. The lowest BCUT2D eigenvalue weighted by atomic mass is 10.1. The standard InChI is InChI=1S/C11H9NO4/c1-16-6-2-3-7-8(4-6)10(13)12-5-9(7)11(14)15/h2-5H,1H3,(H,12,13)(H,14,15). The molecular formula is C11H9NO4. The van der Waals surface area contributed by atoms with Gasteiger partial charge in [0.15, 0.2) is 0 Å². The number of hydrogen-bond acceptors (Lipinski definition) is 3. The van der Waals surface area contributed by atoms with Crippen molar-refractivity contribution in [2.24, 2.45) is 0 Å². The average Bonchev–Trinajstić information content (AvgIpc) is 2.29. The van der Waals surface area contributed by atoms with E-state index in [0.717, 1.165) is 0 Å². The first kappa shape index (κ1) is 10.2. The first-order valence-electron chi connectivity index (χ1n) is 4.56. The topological polar surface area (TPSA) is 79.4 Å². The monoisotopic (exact) mass is 219 g/mol. The van der Waals surface area contributed by atoms with Crippen molar-refractivity contribution in [2.75, 3.05) is 7.11 Å². The number of pyridine rings is 1. The van der Waals surface area contributed by atoms with Gasteiger partial charge in [0.1, 0.15) is 5.75 Å². The van der Waals surface area contributed by atoms with Crippen LogP contribution in [-0.2, 0) is 0 Å². The molecular weight excluding hydrogens is 210 g/mol. The molecule has 0 bridgehead atoms. The first-order valence-corrected chi connectivity index (χ1v) is 4.56. The number of nitrogens with one attached hydrogen (secondary N) is 1. The fourth-order valence-electron chi connectivity index (χ4n) is 1.54. The van der Waals surface area contributed by atoms with Gasteiger partial charge in [-0.15, -0.1) is 0 Å². The molecule has 2 N–H and O–H groups in total. The Kier molecular flexibility index (Phi) is 2.36. The van der Waals surface area contributed by atoms with Crippen LogP contribution in [-0.4, -0.2) is 23.2 Å². The molecule has 1 aromatic carbocycles. The molecule has 0 atom stereocenters. The van der Waals surface area contributed by atoms with Crippen LogP contribution in [0.4, 0.5) is 0 Å². The molecule has 0 saturated heterocycles. The Morgan fingerprint density at radius 3 is 2.75 bits per heavy atom. The number of aromatic carboxylic acids is 1. The van der Waals surface area contributed by atoms with Crippen LogP contribution in [0.5, 0.6) is 5.75 Å². The van der Waals surface area contributed by atoms with Gasteiger partial charge in [-0.25, -0.2) is 4.79 Å². The fourth-order valence-corrected chi connectivity index (χ4v) is 1.54.